The normalized spacial score (nSPS) is 11.3. The maximum atomic E-state index is 11.3. The van der Waals surface area contributed by atoms with Crippen molar-refractivity contribution >= 4 is 23.4 Å². The van der Waals surface area contributed by atoms with Crippen LogP contribution in [0, 0.1) is 5.92 Å². The number of nitrogens with zero attached hydrogens (tertiary/aromatic N) is 2. The monoisotopic (exact) mass is 264 g/mol. The van der Waals surface area contributed by atoms with E-state index in [1.165, 1.54) is 11.8 Å². The van der Waals surface area contributed by atoms with Gasteiger partial charge in [-0.25, -0.2) is 9.78 Å². The zero-order chi connectivity index (χ0) is 13.1. The fourth-order valence-electron chi connectivity index (χ4n) is 1.66. The third kappa shape index (κ3) is 2.67. The predicted molar refractivity (Wildman–Crippen MR) is 72.3 cm³/mol. The Kier molecular flexibility index (Phi) is 3.91. The van der Waals surface area contributed by atoms with Gasteiger partial charge in [0.1, 0.15) is 10.7 Å². The second-order valence-corrected chi connectivity index (χ2v) is 5.61. The molecular formula is C13H16N2O2S. The molecule has 4 nitrogen and oxygen atoms in total. The summed E-state index contributed by atoms with van der Waals surface area (Å²) in [5.41, 5.74) is 0.946. The van der Waals surface area contributed by atoms with Crippen LogP contribution in [0.3, 0.4) is 0 Å². The zero-order valence-corrected chi connectivity index (χ0v) is 11.3. The number of pyridine rings is 1. The summed E-state index contributed by atoms with van der Waals surface area (Å²) < 4.78 is 1.63. The van der Waals surface area contributed by atoms with Gasteiger partial charge in [0.25, 0.3) is 0 Å². The highest BCUT2D eigenvalue weighted by Gasteiger charge is 2.18. The molecule has 1 N–H and O–H groups in total. The lowest BCUT2D eigenvalue weighted by atomic mass is 10.2. The third-order valence-electron chi connectivity index (χ3n) is 2.63. The smallest absolute Gasteiger partial charge is 0.355 e. The summed E-state index contributed by atoms with van der Waals surface area (Å²) in [4.78, 5) is 15.7. The van der Waals surface area contributed by atoms with E-state index in [0.717, 1.165) is 12.2 Å². The Bertz CT molecular complexity index is 563. The second kappa shape index (κ2) is 5.44. The fourth-order valence-corrected chi connectivity index (χ4v) is 2.92. The van der Waals surface area contributed by atoms with Crippen molar-refractivity contribution in [2.24, 2.45) is 5.92 Å². The van der Waals surface area contributed by atoms with Gasteiger partial charge in [-0.3, -0.25) is 4.40 Å². The Balaban J connectivity index is 2.31. The predicted octanol–water partition coefficient (Wildman–Crippen LogP) is 3.17. The van der Waals surface area contributed by atoms with E-state index in [4.69, 9.17) is 0 Å². The van der Waals surface area contributed by atoms with Crippen molar-refractivity contribution in [2.45, 2.75) is 25.3 Å². The molecular weight excluding hydrogens is 248 g/mol. The molecule has 2 heterocycles. The van der Waals surface area contributed by atoms with Crippen molar-refractivity contribution in [2.75, 3.05) is 5.75 Å². The molecule has 0 fully saturated rings. The van der Waals surface area contributed by atoms with Gasteiger partial charge in [0.15, 0.2) is 5.69 Å². The second-order valence-electron chi connectivity index (χ2n) is 4.53. The summed E-state index contributed by atoms with van der Waals surface area (Å²) in [6, 6.07) is 5.49. The Morgan fingerprint density at radius 1 is 1.50 bits per heavy atom. The van der Waals surface area contributed by atoms with Crippen LogP contribution in [0.1, 0.15) is 30.8 Å². The minimum absolute atomic E-state index is 0.263. The summed E-state index contributed by atoms with van der Waals surface area (Å²) in [7, 11) is 0. The number of imidazole rings is 1. The first kappa shape index (κ1) is 13.0. The number of hydrogen-bond acceptors (Lipinski definition) is 3. The van der Waals surface area contributed by atoms with Crippen LogP contribution in [-0.2, 0) is 0 Å². The molecule has 0 aliphatic rings. The first-order valence-electron chi connectivity index (χ1n) is 5.92. The molecule has 2 aromatic rings. The SMILES string of the molecule is CC(C)CCSc1nc2ccccn2c1C(=O)O. The van der Waals surface area contributed by atoms with Gasteiger partial charge < -0.3 is 5.11 Å². The van der Waals surface area contributed by atoms with Crippen LogP contribution in [0.2, 0.25) is 0 Å². The van der Waals surface area contributed by atoms with Gasteiger partial charge in [-0.1, -0.05) is 19.9 Å². The standard InChI is InChI=1S/C13H16N2O2S/c1-9(2)6-8-18-12-11(13(16)17)15-7-4-3-5-10(15)14-12/h3-5,7,9H,6,8H2,1-2H3,(H,16,17). The lowest BCUT2D eigenvalue weighted by Gasteiger charge is -2.03. The average Bonchev–Trinajstić information content (AvgIpc) is 2.66. The van der Waals surface area contributed by atoms with Gasteiger partial charge in [-0.15, -0.1) is 11.8 Å². The fraction of sp³-hybridized carbons (Fsp3) is 0.385. The van der Waals surface area contributed by atoms with E-state index in [1.807, 2.05) is 18.2 Å². The Morgan fingerprint density at radius 3 is 2.94 bits per heavy atom. The first-order chi connectivity index (χ1) is 8.59. The topological polar surface area (TPSA) is 54.6 Å². The van der Waals surface area contributed by atoms with Crippen LogP contribution >= 0.6 is 11.8 Å². The van der Waals surface area contributed by atoms with Gasteiger partial charge in [-0.05, 0) is 30.2 Å². The van der Waals surface area contributed by atoms with E-state index >= 15 is 0 Å². The Hall–Kier alpha value is -1.49. The Morgan fingerprint density at radius 2 is 2.28 bits per heavy atom. The minimum Gasteiger partial charge on any atom is -0.476 e. The molecule has 2 rings (SSSR count). The van der Waals surface area contributed by atoms with E-state index in [1.54, 1.807) is 10.6 Å². The number of aromatic carboxylic acids is 1. The number of rotatable bonds is 5. The highest BCUT2D eigenvalue weighted by atomic mass is 32.2. The zero-order valence-electron chi connectivity index (χ0n) is 10.5. The van der Waals surface area contributed by atoms with E-state index < -0.39 is 5.97 Å². The summed E-state index contributed by atoms with van der Waals surface area (Å²) in [5, 5.41) is 9.89. The van der Waals surface area contributed by atoms with Crippen molar-refractivity contribution in [3.05, 3.63) is 30.1 Å². The van der Waals surface area contributed by atoms with Crippen LogP contribution in [0.15, 0.2) is 29.4 Å². The van der Waals surface area contributed by atoms with Crippen molar-refractivity contribution in [1.29, 1.82) is 0 Å². The van der Waals surface area contributed by atoms with Crippen LogP contribution in [0.25, 0.3) is 5.65 Å². The molecule has 5 heteroatoms. The maximum Gasteiger partial charge on any atom is 0.355 e. The summed E-state index contributed by atoms with van der Waals surface area (Å²) in [6.45, 7) is 4.31. The molecule has 0 spiro atoms. The van der Waals surface area contributed by atoms with E-state index in [2.05, 4.69) is 18.8 Å². The first-order valence-corrected chi connectivity index (χ1v) is 6.91. The lowest BCUT2D eigenvalue weighted by molar-refractivity contribution is 0.0685. The number of carbonyl (C=O) groups is 1. The molecule has 0 bridgehead atoms. The third-order valence-corrected chi connectivity index (χ3v) is 3.63. The number of thioether (sulfide) groups is 1. The molecule has 0 amide bonds. The van der Waals surface area contributed by atoms with Gasteiger partial charge in [0, 0.05) is 6.20 Å². The van der Waals surface area contributed by atoms with Crippen LogP contribution in [0.5, 0.6) is 0 Å². The molecule has 0 aliphatic carbocycles. The number of aromatic nitrogens is 2. The summed E-state index contributed by atoms with van der Waals surface area (Å²) in [6.07, 6.45) is 2.79. The molecule has 18 heavy (non-hydrogen) atoms. The number of hydrogen-bond donors (Lipinski definition) is 1. The van der Waals surface area contributed by atoms with E-state index in [9.17, 15) is 9.90 Å². The molecule has 0 radical (unpaired) electrons. The molecule has 0 aromatic carbocycles. The van der Waals surface area contributed by atoms with Crippen LogP contribution in [-0.4, -0.2) is 26.2 Å². The van der Waals surface area contributed by atoms with Gasteiger partial charge >= 0.3 is 5.97 Å². The minimum atomic E-state index is -0.930. The van der Waals surface area contributed by atoms with Crippen molar-refractivity contribution < 1.29 is 9.90 Å². The number of carboxylic acid groups (broad SMARTS) is 1. The highest BCUT2D eigenvalue weighted by molar-refractivity contribution is 7.99. The van der Waals surface area contributed by atoms with E-state index in [0.29, 0.717) is 16.6 Å². The molecule has 0 unspecified atom stereocenters. The van der Waals surface area contributed by atoms with Crippen LogP contribution < -0.4 is 0 Å². The quantitative estimate of drug-likeness (QED) is 0.843. The van der Waals surface area contributed by atoms with Crippen molar-refractivity contribution in [3.8, 4) is 0 Å². The molecule has 0 atom stereocenters. The largest absolute Gasteiger partial charge is 0.476 e. The molecule has 96 valence electrons. The molecule has 0 aliphatic heterocycles. The number of carboxylic acids is 1. The van der Waals surface area contributed by atoms with Crippen molar-refractivity contribution in [1.82, 2.24) is 9.38 Å². The summed E-state index contributed by atoms with van der Waals surface area (Å²) in [5.74, 6) is 0.575. The molecule has 0 saturated carbocycles. The lowest BCUT2D eigenvalue weighted by Crippen LogP contribution is -2.03. The summed E-state index contributed by atoms with van der Waals surface area (Å²) >= 11 is 1.52. The Labute approximate surface area is 110 Å². The molecule has 2 aromatic heterocycles. The number of fused-ring (bicyclic) bond motifs is 1. The molecule has 0 saturated heterocycles. The van der Waals surface area contributed by atoms with Crippen molar-refractivity contribution in [3.63, 3.8) is 0 Å². The van der Waals surface area contributed by atoms with Gasteiger partial charge in [-0.2, -0.15) is 0 Å². The van der Waals surface area contributed by atoms with Crippen LogP contribution in [0.4, 0.5) is 0 Å². The van der Waals surface area contributed by atoms with Gasteiger partial charge in [0.2, 0.25) is 0 Å². The van der Waals surface area contributed by atoms with E-state index in [-0.39, 0.29) is 5.69 Å². The van der Waals surface area contributed by atoms with Gasteiger partial charge in [0.05, 0.1) is 0 Å². The maximum absolute atomic E-state index is 11.3. The highest BCUT2D eigenvalue weighted by Crippen LogP contribution is 2.25. The average molecular weight is 264 g/mol.